The molecule has 3 aromatic carbocycles. The van der Waals surface area contributed by atoms with Crippen molar-refractivity contribution in [3.63, 3.8) is 0 Å². The van der Waals surface area contributed by atoms with E-state index in [1.807, 2.05) is 6.07 Å². The Labute approximate surface area is 188 Å². The highest BCUT2D eigenvalue weighted by Gasteiger charge is 2.48. The number of phenols is 2. The van der Waals surface area contributed by atoms with Gasteiger partial charge in [0.25, 0.3) is 0 Å². The van der Waals surface area contributed by atoms with Crippen LogP contribution in [0.1, 0.15) is 56.3 Å². The van der Waals surface area contributed by atoms with E-state index >= 15 is 0 Å². The summed E-state index contributed by atoms with van der Waals surface area (Å²) < 4.78 is 0. The number of carbonyl (C=O) groups is 2. The molecule has 0 bridgehead atoms. The van der Waals surface area contributed by atoms with Crippen LogP contribution in [-0.2, 0) is 12.8 Å². The number of fused-ring (bicyclic) bond motifs is 4. The van der Waals surface area contributed by atoms with Crippen molar-refractivity contribution in [2.24, 2.45) is 0 Å². The highest BCUT2D eigenvalue weighted by atomic mass is 28.3. The number of ketones is 2. The monoisotopic (exact) mass is 442 g/mol. The van der Waals surface area contributed by atoms with Gasteiger partial charge in [-0.2, -0.15) is 0 Å². The van der Waals surface area contributed by atoms with Gasteiger partial charge >= 0.3 is 0 Å². The Hall–Kier alpha value is -3.18. The molecule has 4 nitrogen and oxygen atoms in total. The molecule has 0 saturated carbocycles. The molecular formula is C27H26O4Si. The number of aromatic hydroxyl groups is 2. The summed E-state index contributed by atoms with van der Waals surface area (Å²) in [5, 5.41) is 22.6. The molecule has 0 amide bonds. The summed E-state index contributed by atoms with van der Waals surface area (Å²) >= 11 is 0. The average Bonchev–Trinajstić information content (AvgIpc) is 2.78. The highest BCUT2D eigenvalue weighted by Crippen LogP contribution is 2.52. The summed E-state index contributed by atoms with van der Waals surface area (Å²) in [6.45, 7) is 7.04. The van der Waals surface area contributed by atoms with Crippen LogP contribution in [0.5, 0.6) is 11.5 Å². The molecule has 0 aromatic heterocycles. The van der Waals surface area contributed by atoms with E-state index in [2.05, 4.69) is 44.3 Å². The fourth-order valence-corrected chi connectivity index (χ4v) is 8.62. The van der Waals surface area contributed by atoms with Gasteiger partial charge in [-0.3, -0.25) is 9.59 Å². The molecule has 0 heterocycles. The molecular weight excluding hydrogens is 416 g/mol. The summed E-state index contributed by atoms with van der Waals surface area (Å²) in [6, 6.07) is 16.6. The Morgan fingerprint density at radius 2 is 1.50 bits per heavy atom. The third kappa shape index (κ3) is 2.74. The number of hydrogen-bond donors (Lipinski definition) is 2. The summed E-state index contributed by atoms with van der Waals surface area (Å²) in [5.41, 5.74) is 2.46. The predicted molar refractivity (Wildman–Crippen MR) is 127 cm³/mol. The van der Waals surface area contributed by atoms with Gasteiger partial charge in [-0.05, 0) is 47.6 Å². The summed E-state index contributed by atoms with van der Waals surface area (Å²) in [7, 11) is -1.92. The van der Waals surface area contributed by atoms with E-state index in [-0.39, 0.29) is 39.0 Å². The first-order chi connectivity index (χ1) is 15.2. The Morgan fingerprint density at radius 1 is 0.812 bits per heavy atom. The smallest absolute Gasteiger partial charge is 0.198 e. The van der Waals surface area contributed by atoms with Crippen LogP contribution in [0.2, 0.25) is 18.1 Å². The SMILES string of the molecule is CC1([Si](C)(C)c2ccccc2)CCc2c(c(O)cc3c2C(=O)c2cccc(O)c2C3=O)C1. The van der Waals surface area contributed by atoms with Gasteiger partial charge in [0, 0.05) is 16.7 Å². The minimum atomic E-state index is -1.92. The van der Waals surface area contributed by atoms with Crippen molar-refractivity contribution in [1.29, 1.82) is 0 Å². The van der Waals surface area contributed by atoms with E-state index in [9.17, 15) is 19.8 Å². The van der Waals surface area contributed by atoms with Crippen molar-refractivity contribution >= 4 is 24.8 Å². The maximum Gasteiger partial charge on any atom is 0.198 e. The first-order valence-corrected chi connectivity index (χ1v) is 14.0. The molecule has 32 heavy (non-hydrogen) atoms. The van der Waals surface area contributed by atoms with Crippen molar-refractivity contribution in [2.45, 2.75) is 44.3 Å². The predicted octanol–water partition coefficient (Wildman–Crippen LogP) is 4.74. The molecule has 1 unspecified atom stereocenters. The minimum Gasteiger partial charge on any atom is -0.508 e. The molecule has 2 aliphatic carbocycles. The lowest BCUT2D eigenvalue weighted by Crippen LogP contribution is -2.53. The highest BCUT2D eigenvalue weighted by molar-refractivity contribution is 6.92. The third-order valence-corrected chi connectivity index (χ3v) is 13.2. The summed E-state index contributed by atoms with van der Waals surface area (Å²) in [6.07, 6.45) is 2.20. The Morgan fingerprint density at radius 3 is 2.22 bits per heavy atom. The van der Waals surface area contributed by atoms with Gasteiger partial charge in [0.1, 0.15) is 11.5 Å². The van der Waals surface area contributed by atoms with E-state index < -0.39 is 13.9 Å². The number of rotatable bonds is 2. The van der Waals surface area contributed by atoms with Crippen LogP contribution in [-0.4, -0.2) is 29.9 Å². The molecule has 3 aromatic rings. The van der Waals surface area contributed by atoms with Crippen LogP contribution in [0.3, 0.4) is 0 Å². The number of hydrogen-bond acceptors (Lipinski definition) is 4. The third-order valence-electron chi connectivity index (χ3n) is 8.01. The standard InChI is InChI=1S/C27H26O4Si/c1-27(32(2,3)16-8-5-4-6-9-16)13-12-17-20(15-27)22(29)14-19-23(17)25(30)18-10-7-11-21(28)24(18)26(19)31/h4-11,14,28-29H,12-13,15H2,1-3H3. The average molecular weight is 443 g/mol. The van der Waals surface area contributed by atoms with Crippen LogP contribution < -0.4 is 5.19 Å². The van der Waals surface area contributed by atoms with E-state index in [4.69, 9.17) is 0 Å². The first kappa shape index (κ1) is 20.7. The zero-order valence-corrected chi connectivity index (χ0v) is 19.5. The van der Waals surface area contributed by atoms with Crippen molar-refractivity contribution in [3.8, 4) is 11.5 Å². The molecule has 2 aliphatic rings. The summed E-state index contributed by atoms with van der Waals surface area (Å²) in [4.78, 5) is 26.6. The second kappa shape index (κ2) is 6.91. The molecule has 5 heteroatoms. The minimum absolute atomic E-state index is 0.00896. The molecule has 5 rings (SSSR count). The number of carbonyl (C=O) groups excluding carboxylic acids is 2. The van der Waals surface area contributed by atoms with Crippen LogP contribution in [0.15, 0.2) is 54.6 Å². The second-order valence-electron chi connectivity index (χ2n) is 9.86. The molecule has 0 spiro atoms. The van der Waals surface area contributed by atoms with E-state index in [1.165, 1.54) is 17.3 Å². The van der Waals surface area contributed by atoms with Gasteiger partial charge in [0.15, 0.2) is 11.6 Å². The van der Waals surface area contributed by atoms with Gasteiger partial charge in [0.05, 0.1) is 13.6 Å². The molecule has 0 fully saturated rings. The van der Waals surface area contributed by atoms with Crippen molar-refractivity contribution in [2.75, 3.05) is 0 Å². The normalized spacial score (nSPS) is 19.8. The van der Waals surface area contributed by atoms with Gasteiger partial charge in [-0.25, -0.2) is 0 Å². The largest absolute Gasteiger partial charge is 0.508 e. The van der Waals surface area contributed by atoms with E-state index in [1.54, 1.807) is 12.1 Å². The van der Waals surface area contributed by atoms with Gasteiger partial charge in [0.2, 0.25) is 0 Å². The number of phenolic OH excluding ortho intramolecular Hbond substituents is 2. The molecule has 2 N–H and O–H groups in total. The van der Waals surface area contributed by atoms with Crippen molar-refractivity contribution in [1.82, 2.24) is 0 Å². The lowest BCUT2D eigenvalue weighted by atomic mass is 9.74. The van der Waals surface area contributed by atoms with Gasteiger partial charge in [-0.15, -0.1) is 0 Å². The van der Waals surface area contributed by atoms with Crippen LogP contribution in [0, 0.1) is 0 Å². The zero-order chi connectivity index (χ0) is 22.8. The maximum atomic E-state index is 13.4. The van der Waals surface area contributed by atoms with Gasteiger partial charge in [-0.1, -0.05) is 67.7 Å². The first-order valence-electron chi connectivity index (χ1n) is 11.0. The van der Waals surface area contributed by atoms with E-state index in [0.717, 1.165) is 17.5 Å². The second-order valence-corrected chi connectivity index (χ2v) is 14.9. The molecule has 0 saturated heterocycles. The lowest BCUT2D eigenvalue weighted by Gasteiger charge is -2.47. The molecule has 0 radical (unpaired) electrons. The number of benzene rings is 3. The fraction of sp³-hybridized carbons (Fsp3) is 0.259. The quantitative estimate of drug-likeness (QED) is 0.440. The van der Waals surface area contributed by atoms with Crippen molar-refractivity contribution < 1.29 is 19.8 Å². The molecule has 162 valence electrons. The maximum absolute atomic E-state index is 13.4. The molecule has 0 aliphatic heterocycles. The Bertz CT molecular complexity index is 1290. The Balaban J connectivity index is 1.64. The summed E-state index contributed by atoms with van der Waals surface area (Å²) in [5.74, 6) is -0.780. The van der Waals surface area contributed by atoms with E-state index in [0.29, 0.717) is 18.4 Å². The lowest BCUT2D eigenvalue weighted by molar-refractivity contribution is 0.0975. The van der Waals surface area contributed by atoms with Crippen LogP contribution >= 0.6 is 0 Å². The fourth-order valence-electron chi connectivity index (χ4n) is 5.53. The van der Waals surface area contributed by atoms with Crippen LogP contribution in [0.25, 0.3) is 0 Å². The van der Waals surface area contributed by atoms with Crippen molar-refractivity contribution in [3.05, 3.63) is 88.0 Å². The molecule has 1 atom stereocenters. The van der Waals surface area contributed by atoms with Gasteiger partial charge < -0.3 is 10.2 Å². The topological polar surface area (TPSA) is 74.6 Å². The zero-order valence-electron chi connectivity index (χ0n) is 18.5. The Kier molecular flexibility index (Phi) is 4.47. The van der Waals surface area contributed by atoms with Crippen LogP contribution in [0.4, 0.5) is 0 Å².